The normalized spacial score (nSPS) is 9.76. The van der Waals surface area contributed by atoms with Crippen molar-refractivity contribution < 1.29 is 28.9 Å². The van der Waals surface area contributed by atoms with Gasteiger partial charge in [0.15, 0.2) is 0 Å². The maximum atomic E-state index is 11.2. The van der Waals surface area contributed by atoms with Gasteiger partial charge in [0, 0.05) is 25.7 Å². The fraction of sp³-hybridized carbons (Fsp3) is 0.636. The molecule has 0 fully saturated rings. The lowest BCUT2D eigenvalue weighted by molar-refractivity contribution is -0.146. The number of hydrogen-bond donors (Lipinski definition) is 1. The van der Waals surface area contributed by atoms with E-state index in [-0.39, 0.29) is 31.8 Å². The summed E-state index contributed by atoms with van der Waals surface area (Å²) in [5.74, 6) is -1.24. The van der Waals surface area contributed by atoms with Crippen molar-refractivity contribution in [3.05, 3.63) is 12.2 Å². The number of hydrogen-bond acceptors (Lipinski definition) is 6. The molecule has 0 spiro atoms. The minimum atomic E-state index is -0.701. The summed E-state index contributed by atoms with van der Waals surface area (Å²) in [6, 6.07) is 0. The van der Waals surface area contributed by atoms with Crippen LogP contribution >= 0.6 is 0 Å². The van der Waals surface area contributed by atoms with Crippen LogP contribution in [0.5, 0.6) is 0 Å². The van der Waals surface area contributed by atoms with Crippen molar-refractivity contribution >= 4 is 11.9 Å². The molecule has 0 heterocycles. The van der Waals surface area contributed by atoms with Gasteiger partial charge in [0.05, 0.1) is 19.6 Å². The van der Waals surface area contributed by atoms with Gasteiger partial charge in [-0.05, 0) is 0 Å². The third kappa shape index (κ3) is 8.41. The number of rotatable bonds is 9. The maximum Gasteiger partial charge on any atom is 0.334 e. The molecule has 0 saturated carbocycles. The van der Waals surface area contributed by atoms with Crippen molar-refractivity contribution in [3.63, 3.8) is 0 Å². The van der Waals surface area contributed by atoms with Crippen LogP contribution in [0.15, 0.2) is 12.2 Å². The zero-order valence-corrected chi connectivity index (χ0v) is 9.94. The summed E-state index contributed by atoms with van der Waals surface area (Å²) >= 11 is 0. The van der Waals surface area contributed by atoms with Crippen LogP contribution < -0.4 is 0 Å². The van der Waals surface area contributed by atoms with Crippen molar-refractivity contribution in [2.45, 2.75) is 12.8 Å². The quantitative estimate of drug-likeness (QED) is 0.351. The first-order valence-corrected chi connectivity index (χ1v) is 5.22. The van der Waals surface area contributed by atoms with E-state index in [1.54, 1.807) is 7.11 Å². The Morgan fingerprint density at radius 2 is 1.88 bits per heavy atom. The third-order valence-electron chi connectivity index (χ3n) is 1.73. The van der Waals surface area contributed by atoms with E-state index in [1.807, 2.05) is 0 Å². The first-order chi connectivity index (χ1) is 8.11. The van der Waals surface area contributed by atoms with Crippen LogP contribution in [0.2, 0.25) is 0 Å². The average molecular weight is 246 g/mol. The highest BCUT2D eigenvalue weighted by atomic mass is 16.5. The molecule has 0 saturated heterocycles. The fourth-order valence-corrected chi connectivity index (χ4v) is 0.927. The van der Waals surface area contributed by atoms with Gasteiger partial charge in [0.25, 0.3) is 0 Å². The summed E-state index contributed by atoms with van der Waals surface area (Å²) < 4.78 is 14.2. The van der Waals surface area contributed by atoms with Crippen molar-refractivity contribution in [2.24, 2.45) is 0 Å². The Balaban J connectivity index is 3.72. The summed E-state index contributed by atoms with van der Waals surface area (Å²) in [6.07, 6.45) is 0.390. The van der Waals surface area contributed by atoms with Crippen LogP contribution in [0.25, 0.3) is 0 Å². The van der Waals surface area contributed by atoms with Crippen LogP contribution in [0.3, 0.4) is 0 Å². The molecule has 0 aromatic rings. The van der Waals surface area contributed by atoms with E-state index < -0.39 is 11.9 Å². The van der Waals surface area contributed by atoms with Gasteiger partial charge in [-0.2, -0.15) is 0 Å². The Bertz CT molecular complexity index is 261. The number of esters is 2. The predicted molar refractivity (Wildman–Crippen MR) is 59.3 cm³/mol. The van der Waals surface area contributed by atoms with Gasteiger partial charge in [-0.1, -0.05) is 6.58 Å². The molecule has 0 amide bonds. The zero-order valence-electron chi connectivity index (χ0n) is 9.94. The molecule has 0 aliphatic rings. The van der Waals surface area contributed by atoms with Gasteiger partial charge in [-0.25, -0.2) is 4.79 Å². The standard InChI is InChI=1S/C11H18O6/c1-9(11(14)17-7-4-12)8-10(13)16-6-3-5-15-2/h12H,1,3-8H2,2H3. The predicted octanol–water partition coefficient (Wildman–Crippen LogP) is 0.0479. The lowest BCUT2D eigenvalue weighted by Crippen LogP contribution is -2.15. The summed E-state index contributed by atoms with van der Waals surface area (Å²) in [5.41, 5.74) is 0.00944. The molecule has 6 nitrogen and oxygen atoms in total. The first-order valence-electron chi connectivity index (χ1n) is 5.22. The molecule has 0 aliphatic heterocycles. The van der Waals surface area contributed by atoms with E-state index in [0.717, 1.165) is 0 Å². The molecule has 0 atom stereocenters. The second-order valence-electron chi connectivity index (χ2n) is 3.21. The number of aliphatic hydroxyl groups is 1. The Morgan fingerprint density at radius 1 is 1.18 bits per heavy atom. The van der Waals surface area contributed by atoms with Gasteiger partial charge in [0.2, 0.25) is 0 Å². The first kappa shape index (κ1) is 15.6. The second kappa shape index (κ2) is 9.80. The lowest BCUT2D eigenvalue weighted by atomic mass is 10.2. The summed E-state index contributed by atoms with van der Waals surface area (Å²) in [6.45, 7) is 3.78. The highest BCUT2D eigenvalue weighted by Crippen LogP contribution is 2.03. The lowest BCUT2D eigenvalue weighted by Gasteiger charge is -2.06. The maximum absolute atomic E-state index is 11.2. The van der Waals surface area contributed by atoms with Crippen LogP contribution in [0.1, 0.15) is 12.8 Å². The molecular weight excluding hydrogens is 228 g/mol. The average Bonchev–Trinajstić information content (AvgIpc) is 2.31. The smallest absolute Gasteiger partial charge is 0.334 e. The Hall–Kier alpha value is -1.40. The molecule has 0 aromatic carbocycles. The molecule has 0 aliphatic carbocycles. The molecule has 6 heteroatoms. The molecule has 0 bridgehead atoms. The largest absolute Gasteiger partial charge is 0.465 e. The minimum absolute atomic E-state index is 0.00944. The molecule has 98 valence electrons. The van der Waals surface area contributed by atoms with Crippen LogP contribution in [0, 0.1) is 0 Å². The second-order valence-corrected chi connectivity index (χ2v) is 3.21. The van der Waals surface area contributed by atoms with E-state index >= 15 is 0 Å². The highest BCUT2D eigenvalue weighted by molar-refractivity contribution is 5.93. The summed E-state index contributed by atoms with van der Waals surface area (Å²) in [5, 5.41) is 8.44. The molecule has 0 unspecified atom stereocenters. The van der Waals surface area contributed by atoms with Crippen LogP contribution in [-0.2, 0) is 23.8 Å². The molecule has 0 rings (SSSR count). The van der Waals surface area contributed by atoms with E-state index in [2.05, 4.69) is 11.3 Å². The van der Waals surface area contributed by atoms with E-state index in [9.17, 15) is 9.59 Å². The third-order valence-corrected chi connectivity index (χ3v) is 1.73. The number of carbonyl (C=O) groups is 2. The Morgan fingerprint density at radius 3 is 2.47 bits per heavy atom. The molecular formula is C11H18O6. The van der Waals surface area contributed by atoms with Gasteiger partial charge < -0.3 is 19.3 Å². The van der Waals surface area contributed by atoms with Gasteiger partial charge in [0.1, 0.15) is 6.61 Å². The summed E-state index contributed by atoms with van der Waals surface area (Å²) in [4.78, 5) is 22.4. The fourth-order valence-electron chi connectivity index (χ4n) is 0.927. The Labute approximate surface area is 100 Å². The van der Waals surface area contributed by atoms with Crippen molar-refractivity contribution in [3.8, 4) is 0 Å². The molecule has 0 radical (unpaired) electrons. The Kier molecular flexibility index (Phi) is 8.99. The molecule has 1 N–H and O–H groups in total. The number of methoxy groups -OCH3 is 1. The van der Waals surface area contributed by atoms with Crippen molar-refractivity contribution in [2.75, 3.05) is 33.5 Å². The number of aliphatic hydroxyl groups excluding tert-OH is 1. The van der Waals surface area contributed by atoms with Gasteiger partial charge in [-0.15, -0.1) is 0 Å². The topological polar surface area (TPSA) is 82.1 Å². The monoisotopic (exact) mass is 246 g/mol. The van der Waals surface area contributed by atoms with Crippen LogP contribution in [-0.4, -0.2) is 50.6 Å². The molecule has 0 aromatic heterocycles. The van der Waals surface area contributed by atoms with E-state index in [4.69, 9.17) is 14.6 Å². The van der Waals surface area contributed by atoms with Crippen LogP contribution in [0.4, 0.5) is 0 Å². The van der Waals surface area contributed by atoms with E-state index in [1.165, 1.54) is 0 Å². The van der Waals surface area contributed by atoms with Gasteiger partial charge in [-0.3, -0.25) is 4.79 Å². The van der Waals surface area contributed by atoms with Gasteiger partial charge >= 0.3 is 11.9 Å². The SMILES string of the molecule is C=C(CC(=O)OCCCOC)C(=O)OCCO. The highest BCUT2D eigenvalue weighted by Gasteiger charge is 2.13. The molecule has 17 heavy (non-hydrogen) atoms. The minimum Gasteiger partial charge on any atom is -0.465 e. The van der Waals surface area contributed by atoms with Crippen molar-refractivity contribution in [1.29, 1.82) is 0 Å². The zero-order chi connectivity index (χ0) is 13.1. The van der Waals surface area contributed by atoms with E-state index in [0.29, 0.717) is 13.0 Å². The summed E-state index contributed by atoms with van der Waals surface area (Å²) in [7, 11) is 1.56. The number of ether oxygens (including phenoxy) is 3. The number of carbonyl (C=O) groups excluding carboxylic acids is 2. The van der Waals surface area contributed by atoms with Crippen molar-refractivity contribution in [1.82, 2.24) is 0 Å².